The highest BCUT2D eigenvalue weighted by Crippen LogP contribution is 2.50. The van der Waals surface area contributed by atoms with Crippen LogP contribution in [0.3, 0.4) is 0 Å². The molecule has 9 aromatic rings. The first-order chi connectivity index (χ1) is 27.7. The monoisotopic (exact) mass is 715 g/mol. The van der Waals surface area contributed by atoms with Crippen molar-refractivity contribution in [2.24, 2.45) is 0 Å². The van der Waals surface area contributed by atoms with E-state index in [0.717, 1.165) is 67.5 Å². The van der Waals surface area contributed by atoms with Gasteiger partial charge in [0.05, 0.1) is 0 Å². The van der Waals surface area contributed by atoms with E-state index in [2.05, 4.69) is 229 Å². The Hall–Kier alpha value is -7.42. The van der Waals surface area contributed by atoms with Crippen molar-refractivity contribution in [2.75, 3.05) is 4.90 Å². The SMILES string of the molecule is c1ccc(-c2ccc(N(c3ccc(-c4ccccc4)cc3)c3ccc4c(c3)-c3cc(-c5ccccc5)ccc3-c3ccc(-c5ccccc5)cc3O4)cc2)cc1. The van der Waals surface area contributed by atoms with Gasteiger partial charge in [-0.1, -0.05) is 164 Å². The lowest BCUT2D eigenvalue weighted by Crippen LogP contribution is -2.10. The second kappa shape index (κ2) is 14.4. The van der Waals surface area contributed by atoms with Crippen molar-refractivity contribution in [3.8, 4) is 78.3 Å². The van der Waals surface area contributed by atoms with E-state index in [1.165, 1.54) is 27.8 Å². The Morgan fingerprint density at radius 3 is 1.12 bits per heavy atom. The highest BCUT2D eigenvalue weighted by Gasteiger charge is 2.24. The van der Waals surface area contributed by atoms with Crippen molar-refractivity contribution in [3.05, 3.63) is 224 Å². The Balaban J connectivity index is 1.14. The van der Waals surface area contributed by atoms with Crippen LogP contribution >= 0.6 is 0 Å². The van der Waals surface area contributed by atoms with E-state index >= 15 is 0 Å². The standard InChI is InChI=1S/C54H37NO/c1-5-13-38(14-6-1)42-21-27-46(28-22-42)55(47-29-23-43(24-30-47)39-15-7-2-8-16-39)48-31-34-53-52(37-48)51-35-44(40-17-9-3-10-18-40)25-32-49(51)50-33-26-45(36-54(50)56-53)41-19-11-4-12-20-41/h1-37H. The lowest BCUT2D eigenvalue weighted by atomic mass is 9.90. The second-order valence-electron chi connectivity index (χ2n) is 14.1. The maximum absolute atomic E-state index is 6.95. The zero-order valence-corrected chi connectivity index (χ0v) is 30.7. The Kier molecular flexibility index (Phi) is 8.55. The van der Waals surface area contributed by atoms with Gasteiger partial charge in [0.1, 0.15) is 11.5 Å². The number of nitrogens with zero attached hydrogens (tertiary/aromatic N) is 1. The molecule has 2 heteroatoms. The number of rotatable bonds is 7. The molecule has 0 fully saturated rings. The molecular weight excluding hydrogens is 679 g/mol. The molecule has 0 radical (unpaired) electrons. The van der Waals surface area contributed by atoms with Crippen LogP contribution in [0.5, 0.6) is 11.5 Å². The summed E-state index contributed by atoms with van der Waals surface area (Å²) in [5.41, 5.74) is 16.9. The predicted octanol–water partition coefficient (Wildman–Crippen LogP) is 15.3. The molecule has 2 nitrogen and oxygen atoms in total. The van der Waals surface area contributed by atoms with Gasteiger partial charge in [-0.2, -0.15) is 0 Å². The summed E-state index contributed by atoms with van der Waals surface area (Å²) < 4.78 is 6.95. The highest BCUT2D eigenvalue weighted by molar-refractivity contribution is 5.95. The fourth-order valence-corrected chi connectivity index (χ4v) is 7.84. The van der Waals surface area contributed by atoms with Crippen LogP contribution in [0.15, 0.2) is 224 Å². The van der Waals surface area contributed by atoms with Crippen LogP contribution in [0.4, 0.5) is 17.1 Å². The summed E-state index contributed by atoms with van der Waals surface area (Å²) in [6.07, 6.45) is 0. The minimum atomic E-state index is 0.822. The molecule has 10 rings (SSSR count). The summed E-state index contributed by atoms with van der Waals surface area (Å²) >= 11 is 0. The third-order valence-electron chi connectivity index (χ3n) is 10.7. The molecule has 0 amide bonds. The molecule has 0 aromatic heterocycles. The van der Waals surface area contributed by atoms with E-state index in [9.17, 15) is 0 Å². The van der Waals surface area contributed by atoms with Crippen LogP contribution < -0.4 is 9.64 Å². The van der Waals surface area contributed by atoms with Crippen LogP contribution in [0.25, 0.3) is 66.8 Å². The molecule has 1 aliphatic rings. The van der Waals surface area contributed by atoms with Crippen LogP contribution in [0.2, 0.25) is 0 Å². The highest BCUT2D eigenvalue weighted by atomic mass is 16.5. The smallest absolute Gasteiger partial charge is 0.135 e. The van der Waals surface area contributed by atoms with E-state index in [4.69, 9.17) is 4.74 Å². The maximum atomic E-state index is 6.95. The van der Waals surface area contributed by atoms with E-state index in [-0.39, 0.29) is 0 Å². The molecule has 9 aromatic carbocycles. The van der Waals surface area contributed by atoms with Gasteiger partial charge in [-0.25, -0.2) is 0 Å². The molecule has 0 saturated heterocycles. The van der Waals surface area contributed by atoms with Gasteiger partial charge in [0.25, 0.3) is 0 Å². The van der Waals surface area contributed by atoms with Gasteiger partial charge < -0.3 is 9.64 Å². The topological polar surface area (TPSA) is 12.5 Å². The van der Waals surface area contributed by atoms with Crippen molar-refractivity contribution < 1.29 is 4.74 Å². The molecule has 1 heterocycles. The third kappa shape index (κ3) is 6.34. The number of hydrogen-bond donors (Lipinski definition) is 0. The summed E-state index contributed by atoms with van der Waals surface area (Å²) in [6.45, 7) is 0. The number of hydrogen-bond acceptors (Lipinski definition) is 2. The van der Waals surface area contributed by atoms with Gasteiger partial charge in [-0.15, -0.1) is 0 Å². The first-order valence-corrected chi connectivity index (χ1v) is 19.1. The van der Waals surface area contributed by atoms with Crippen LogP contribution in [-0.4, -0.2) is 0 Å². The average molecular weight is 716 g/mol. The van der Waals surface area contributed by atoms with Crippen molar-refractivity contribution >= 4 is 17.1 Å². The van der Waals surface area contributed by atoms with Crippen molar-refractivity contribution in [3.63, 3.8) is 0 Å². The van der Waals surface area contributed by atoms with Gasteiger partial charge in [0.2, 0.25) is 0 Å². The van der Waals surface area contributed by atoms with E-state index in [1.54, 1.807) is 0 Å². The number of benzene rings is 9. The quantitative estimate of drug-likeness (QED) is 0.163. The Morgan fingerprint density at radius 1 is 0.232 bits per heavy atom. The van der Waals surface area contributed by atoms with Gasteiger partial charge in [-0.3, -0.25) is 0 Å². The minimum Gasteiger partial charge on any atom is -0.456 e. The van der Waals surface area contributed by atoms with Crippen LogP contribution in [-0.2, 0) is 0 Å². The lowest BCUT2D eigenvalue weighted by molar-refractivity contribution is 0.488. The van der Waals surface area contributed by atoms with E-state index in [0.29, 0.717) is 0 Å². The summed E-state index contributed by atoms with van der Waals surface area (Å²) in [5, 5.41) is 0. The van der Waals surface area contributed by atoms with Gasteiger partial charge in [0.15, 0.2) is 0 Å². The van der Waals surface area contributed by atoms with E-state index < -0.39 is 0 Å². The first-order valence-electron chi connectivity index (χ1n) is 19.1. The summed E-state index contributed by atoms with van der Waals surface area (Å²) in [6, 6.07) is 79.9. The lowest BCUT2D eigenvalue weighted by Gasteiger charge is -2.27. The number of anilines is 3. The van der Waals surface area contributed by atoms with Crippen molar-refractivity contribution in [1.82, 2.24) is 0 Å². The van der Waals surface area contributed by atoms with Gasteiger partial charge in [0, 0.05) is 28.2 Å². The average Bonchev–Trinajstić information content (AvgIpc) is 3.42. The van der Waals surface area contributed by atoms with Crippen molar-refractivity contribution in [2.45, 2.75) is 0 Å². The molecule has 0 bridgehead atoms. The zero-order chi connectivity index (χ0) is 37.3. The van der Waals surface area contributed by atoms with Crippen LogP contribution in [0.1, 0.15) is 0 Å². The molecule has 0 unspecified atom stereocenters. The van der Waals surface area contributed by atoms with Crippen molar-refractivity contribution in [1.29, 1.82) is 0 Å². The Bertz CT molecular complexity index is 2700. The van der Waals surface area contributed by atoms with Gasteiger partial charge in [-0.05, 0) is 116 Å². The second-order valence-corrected chi connectivity index (χ2v) is 14.1. The fourth-order valence-electron chi connectivity index (χ4n) is 7.84. The minimum absolute atomic E-state index is 0.822. The maximum Gasteiger partial charge on any atom is 0.135 e. The summed E-state index contributed by atoms with van der Waals surface area (Å²) in [4.78, 5) is 2.34. The van der Waals surface area contributed by atoms with Crippen LogP contribution in [0, 0.1) is 0 Å². The third-order valence-corrected chi connectivity index (χ3v) is 10.7. The Morgan fingerprint density at radius 2 is 0.625 bits per heavy atom. The predicted molar refractivity (Wildman–Crippen MR) is 234 cm³/mol. The molecule has 0 N–H and O–H groups in total. The zero-order valence-electron chi connectivity index (χ0n) is 30.7. The molecule has 0 atom stereocenters. The molecule has 0 aliphatic carbocycles. The summed E-state index contributed by atoms with van der Waals surface area (Å²) in [7, 11) is 0. The molecule has 1 aliphatic heterocycles. The molecule has 0 spiro atoms. The Labute approximate surface area is 328 Å². The normalized spacial score (nSPS) is 11.4. The fraction of sp³-hybridized carbons (Fsp3) is 0. The number of fused-ring (bicyclic) bond motifs is 5. The molecular formula is C54H37NO. The summed E-state index contributed by atoms with van der Waals surface area (Å²) in [5.74, 6) is 1.67. The molecule has 0 saturated carbocycles. The molecule has 56 heavy (non-hydrogen) atoms. The largest absolute Gasteiger partial charge is 0.456 e. The first kappa shape index (κ1) is 33.2. The van der Waals surface area contributed by atoms with Gasteiger partial charge >= 0.3 is 0 Å². The molecule has 264 valence electrons. The number of ether oxygens (including phenoxy) is 1. The van der Waals surface area contributed by atoms with E-state index in [1.807, 2.05) is 0 Å².